The van der Waals surface area contributed by atoms with Crippen LogP contribution in [0.4, 0.5) is 0 Å². The molecule has 0 spiro atoms. The highest BCUT2D eigenvalue weighted by Gasteiger charge is 2.52. The zero-order chi connectivity index (χ0) is 24.0. The van der Waals surface area contributed by atoms with E-state index in [-0.39, 0.29) is 12.5 Å². The molecule has 1 aliphatic carbocycles. The second kappa shape index (κ2) is 10.7. The van der Waals surface area contributed by atoms with Gasteiger partial charge in [-0.1, -0.05) is 18.2 Å². The van der Waals surface area contributed by atoms with Crippen LogP contribution >= 0.6 is 0 Å². The van der Waals surface area contributed by atoms with E-state index in [0.717, 1.165) is 24.0 Å². The molecule has 7 nitrogen and oxygen atoms in total. The van der Waals surface area contributed by atoms with E-state index in [1.807, 2.05) is 48.5 Å². The van der Waals surface area contributed by atoms with E-state index in [4.69, 9.17) is 24.3 Å². The van der Waals surface area contributed by atoms with Crippen LogP contribution in [-0.4, -0.2) is 49.3 Å². The van der Waals surface area contributed by atoms with Gasteiger partial charge in [0.05, 0.1) is 13.7 Å². The third-order valence-corrected chi connectivity index (χ3v) is 6.13. The Morgan fingerprint density at radius 3 is 2.74 bits per heavy atom. The molecule has 0 bridgehead atoms. The molecule has 1 heterocycles. The number of amides is 1. The van der Waals surface area contributed by atoms with E-state index in [1.165, 1.54) is 0 Å². The van der Waals surface area contributed by atoms with Gasteiger partial charge in [0.2, 0.25) is 5.90 Å². The van der Waals surface area contributed by atoms with Crippen molar-refractivity contribution in [2.24, 2.45) is 10.9 Å². The van der Waals surface area contributed by atoms with E-state index in [1.54, 1.807) is 13.2 Å². The number of nitrogens with zero attached hydrogens (tertiary/aromatic N) is 1. The average Bonchev–Trinajstić information content (AvgIpc) is 3.62. The molecule has 7 heteroatoms. The van der Waals surface area contributed by atoms with Gasteiger partial charge in [0, 0.05) is 31.6 Å². The summed E-state index contributed by atoms with van der Waals surface area (Å²) in [4.78, 5) is 18.5. The van der Waals surface area contributed by atoms with Gasteiger partial charge in [0.15, 0.2) is 11.6 Å². The second-order valence-corrected chi connectivity index (χ2v) is 8.71. The van der Waals surface area contributed by atoms with Crippen LogP contribution in [-0.2, 0) is 9.53 Å². The number of ether oxygens (including phenoxy) is 3. The van der Waals surface area contributed by atoms with Gasteiger partial charge in [-0.05, 0) is 60.7 Å². The number of carbonyl (C=O) groups is 1. The van der Waals surface area contributed by atoms with Crippen molar-refractivity contribution in [2.45, 2.75) is 37.3 Å². The van der Waals surface area contributed by atoms with Gasteiger partial charge in [-0.3, -0.25) is 4.79 Å². The molecule has 2 aliphatic rings. The highest BCUT2D eigenvalue weighted by molar-refractivity contribution is 6.01. The summed E-state index contributed by atoms with van der Waals surface area (Å²) in [5, 5.41) is 12.0. The van der Waals surface area contributed by atoms with Gasteiger partial charge < -0.3 is 24.6 Å². The molecule has 2 N–H and O–H groups in total. The predicted molar refractivity (Wildman–Crippen MR) is 130 cm³/mol. The highest BCUT2D eigenvalue weighted by Crippen LogP contribution is 2.43. The van der Waals surface area contributed by atoms with Gasteiger partial charge >= 0.3 is 0 Å². The van der Waals surface area contributed by atoms with Crippen molar-refractivity contribution in [3.63, 3.8) is 0 Å². The number of carbonyl (C=O) groups excluding carboxylic acids is 1. The van der Waals surface area contributed by atoms with Gasteiger partial charge in [-0.25, -0.2) is 4.99 Å². The number of aliphatic imine (C=N–C) groups is 1. The Bertz CT molecular complexity index is 1030. The van der Waals surface area contributed by atoms with Gasteiger partial charge in [0.25, 0.3) is 5.91 Å². The maximum atomic E-state index is 13.6. The topological polar surface area (TPSA) is 89.4 Å². The molecule has 0 aromatic heterocycles. The van der Waals surface area contributed by atoms with E-state index in [2.05, 4.69) is 11.9 Å². The number of benzene rings is 2. The highest BCUT2D eigenvalue weighted by atomic mass is 16.5. The zero-order valence-corrected chi connectivity index (χ0v) is 19.5. The summed E-state index contributed by atoms with van der Waals surface area (Å²) < 4.78 is 17.4. The lowest BCUT2D eigenvalue weighted by molar-refractivity contribution is -0.128. The second-order valence-electron chi connectivity index (χ2n) is 8.71. The molecule has 2 atom stereocenters. The molecule has 1 aliphatic heterocycles. The minimum Gasteiger partial charge on any atom is -0.497 e. The maximum absolute atomic E-state index is 13.6. The van der Waals surface area contributed by atoms with Crippen molar-refractivity contribution in [1.29, 1.82) is 0 Å². The normalized spacial score (nSPS) is 21.4. The van der Waals surface area contributed by atoms with Crippen molar-refractivity contribution >= 4 is 11.8 Å². The molecule has 1 amide bonds. The lowest BCUT2D eigenvalue weighted by atomic mass is 9.84. The summed E-state index contributed by atoms with van der Waals surface area (Å²) >= 11 is 0. The Morgan fingerprint density at radius 2 is 2.06 bits per heavy atom. The summed E-state index contributed by atoms with van der Waals surface area (Å²) in [5.41, 5.74) is 0.392. The molecule has 2 aromatic rings. The number of hydrogen-bond donors (Lipinski definition) is 2. The molecule has 4 rings (SSSR count). The summed E-state index contributed by atoms with van der Waals surface area (Å²) in [6, 6.07) is 14.9. The Labute approximate surface area is 200 Å². The molecule has 1 saturated carbocycles. The molecule has 34 heavy (non-hydrogen) atoms. The Kier molecular flexibility index (Phi) is 7.53. The van der Waals surface area contributed by atoms with Crippen LogP contribution in [0.1, 0.15) is 42.9 Å². The first-order valence-electron chi connectivity index (χ1n) is 11.7. The van der Waals surface area contributed by atoms with Crippen LogP contribution in [0.3, 0.4) is 0 Å². The first-order valence-corrected chi connectivity index (χ1v) is 11.7. The molecule has 0 unspecified atom stereocenters. The number of nitrogens with one attached hydrogen (secondary N) is 1. The van der Waals surface area contributed by atoms with Gasteiger partial charge in [-0.15, -0.1) is 6.58 Å². The summed E-state index contributed by atoms with van der Waals surface area (Å²) in [7, 11) is 1.61. The molecule has 0 radical (unpaired) electrons. The molecule has 2 aromatic carbocycles. The third-order valence-electron chi connectivity index (χ3n) is 6.13. The minimum atomic E-state index is -1.17. The summed E-state index contributed by atoms with van der Waals surface area (Å²) in [6.45, 7) is 5.07. The molecule has 1 fully saturated rings. The van der Waals surface area contributed by atoms with Crippen molar-refractivity contribution in [1.82, 2.24) is 5.32 Å². The number of methoxy groups -OCH3 is 1. The third kappa shape index (κ3) is 5.25. The SMILES string of the molecule is C=CC[C@@]1(C(=O)NCC2CC2)N=C(c2ccc(OCCCO)cc2)O[C@@H]1c1cccc(OC)c1. The maximum Gasteiger partial charge on any atom is 0.252 e. The fourth-order valence-electron chi connectivity index (χ4n) is 4.05. The van der Waals surface area contributed by atoms with Gasteiger partial charge in [0.1, 0.15) is 11.5 Å². The van der Waals surface area contributed by atoms with E-state index >= 15 is 0 Å². The Balaban J connectivity index is 1.66. The number of aliphatic hydroxyl groups excluding tert-OH is 1. The first-order chi connectivity index (χ1) is 16.6. The van der Waals surface area contributed by atoms with Crippen LogP contribution in [0.25, 0.3) is 0 Å². The Morgan fingerprint density at radius 1 is 1.26 bits per heavy atom. The van der Waals surface area contributed by atoms with Crippen LogP contribution in [0.15, 0.2) is 66.2 Å². The minimum absolute atomic E-state index is 0.0859. The standard InChI is InChI=1S/C27H32N2O5/c1-3-14-27(26(31)28-18-19-8-9-19)24(21-6-4-7-23(17-21)32-2)34-25(29-27)20-10-12-22(13-11-20)33-16-5-15-30/h3-4,6-7,10-13,17,19,24,30H,1,5,8-9,14-16,18H2,2H3,(H,28,31)/t24-,27-/m1/s1. The van der Waals surface area contributed by atoms with Crippen molar-refractivity contribution in [3.05, 3.63) is 72.3 Å². The van der Waals surface area contributed by atoms with Crippen LogP contribution < -0.4 is 14.8 Å². The van der Waals surface area contributed by atoms with Crippen LogP contribution in [0, 0.1) is 5.92 Å². The summed E-state index contributed by atoms with van der Waals surface area (Å²) in [5.74, 6) is 2.16. The van der Waals surface area contributed by atoms with E-state index in [9.17, 15) is 4.79 Å². The Hall–Kier alpha value is -3.32. The van der Waals surface area contributed by atoms with E-state index < -0.39 is 11.6 Å². The molecule has 180 valence electrons. The fourth-order valence-corrected chi connectivity index (χ4v) is 4.05. The largest absolute Gasteiger partial charge is 0.497 e. The number of aliphatic hydroxyl groups is 1. The van der Waals surface area contributed by atoms with Crippen molar-refractivity contribution < 1.29 is 24.1 Å². The number of rotatable bonds is 12. The first kappa shape index (κ1) is 23.8. The molecule has 0 saturated heterocycles. The van der Waals surface area contributed by atoms with Crippen molar-refractivity contribution in [2.75, 3.05) is 26.9 Å². The quantitative estimate of drug-likeness (QED) is 0.368. The average molecular weight is 465 g/mol. The zero-order valence-electron chi connectivity index (χ0n) is 19.5. The molecular weight excluding hydrogens is 432 g/mol. The predicted octanol–water partition coefficient (Wildman–Crippen LogP) is 3.82. The van der Waals surface area contributed by atoms with E-state index in [0.29, 0.717) is 49.3 Å². The smallest absolute Gasteiger partial charge is 0.252 e. The van der Waals surface area contributed by atoms with Crippen LogP contribution in [0.5, 0.6) is 11.5 Å². The molecular formula is C27H32N2O5. The fraction of sp³-hybridized carbons (Fsp3) is 0.407. The number of hydrogen-bond acceptors (Lipinski definition) is 6. The summed E-state index contributed by atoms with van der Waals surface area (Å²) in [6.07, 6.45) is 4.28. The van der Waals surface area contributed by atoms with Crippen molar-refractivity contribution in [3.8, 4) is 11.5 Å². The van der Waals surface area contributed by atoms with Crippen LogP contribution in [0.2, 0.25) is 0 Å². The monoisotopic (exact) mass is 464 g/mol. The van der Waals surface area contributed by atoms with Gasteiger partial charge in [-0.2, -0.15) is 0 Å². The lowest BCUT2D eigenvalue weighted by Crippen LogP contribution is -2.48. The lowest BCUT2D eigenvalue weighted by Gasteiger charge is -2.29.